The van der Waals surface area contributed by atoms with Crippen LogP contribution in [-0.2, 0) is 4.74 Å². The Labute approximate surface area is 110 Å². The van der Waals surface area contributed by atoms with E-state index < -0.39 is 0 Å². The van der Waals surface area contributed by atoms with Crippen molar-refractivity contribution in [1.82, 2.24) is 14.9 Å². The first-order valence-corrected chi connectivity index (χ1v) is 6.58. The van der Waals surface area contributed by atoms with Crippen LogP contribution in [-0.4, -0.2) is 53.8 Å². The number of anilines is 1. The summed E-state index contributed by atoms with van der Waals surface area (Å²) in [5.41, 5.74) is 0. The molecule has 1 fully saturated rings. The zero-order valence-corrected chi connectivity index (χ0v) is 11.5. The Morgan fingerprint density at radius 1 is 1.41 bits per heavy atom. The minimum atomic E-state index is 0.464. The van der Waals surface area contributed by atoms with E-state index in [0.29, 0.717) is 12.0 Å². The summed E-state index contributed by atoms with van der Waals surface area (Å²) in [4.78, 5) is 10.8. The Balaban J connectivity index is 1.78. The standard InChI is InChI=1S/C11H17BrN4O/c1-9(16-2-4-17-5-3-16)6-13-11-14-7-10(12)8-15-11/h7-9H,2-6H2,1H3,(H,13,14,15). The molecule has 1 aliphatic rings. The van der Waals surface area contributed by atoms with E-state index >= 15 is 0 Å². The molecular formula is C11H17BrN4O. The smallest absolute Gasteiger partial charge is 0.222 e. The molecule has 6 heteroatoms. The van der Waals surface area contributed by atoms with Gasteiger partial charge in [0.05, 0.1) is 17.7 Å². The van der Waals surface area contributed by atoms with Gasteiger partial charge in [0.1, 0.15) is 0 Å². The Morgan fingerprint density at radius 2 is 2.06 bits per heavy atom. The summed E-state index contributed by atoms with van der Waals surface area (Å²) in [5, 5.41) is 3.24. The molecule has 1 aliphatic heterocycles. The van der Waals surface area contributed by atoms with Gasteiger partial charge >= 0.3 is 0 Å². The molecule has 0 radical (unpaired) electrons. The number of halogens is 1. The summed E-state index contributed by atoms with van der Waals surface area (Å²) in [7, 11) is 0. The molecule has 0 amide bonds. The van der Waals surface area contributed by atoms with Gasteiger partial charge in [0.25, 0.3) is 0 Å². The first kappa shape index (κ1) is 12.7. The molecule has 0 aromatic carbocycles. The second-order valence-electron chi connectivity index (χ2n) is 4.10. The first-order chi connectivity index (χ1) is 8.25. The average molecular weight is 301 g/mol. The highest BCUT2D eigenvalue weighted by Gasteiger charge is 2.16. The second-order valence-corrected chi connectivity index (χ2v) is 5.02. The molecule has 1 aromatic heterocycles. The number of morpholine rings is 1. The summed E-state index contributed by atoms with van der Waals surface area (Å²) in [5.74, 6) is 0.674. The van der Waals surface area contributed by atoms with Crippen molar-refractivity contribution in [3.8, 4) is 0 Å². The molecule has 94 valence electrons. The lowest BCUT2D eigenvalue weighted by atomic mass is 10.2. The van der Waals surface area contributed by atoms with Crippen molar-refractivity contribution in [3.05, 3.63) is 16.9 Å². The number of aromatic nitrogens is 2. The maximum Gasteiger partial charge on any atom is 0.222 e. The molecule has 2 rings (SSSR count). The molecule has 17 heavy (non-hydrogen) atoms. The molecule has 1 saturated heterocycles. The predicted octanol–water partition coefficient (Wildman–Crippen LogP) is 1.37. The van der Waals surface area contributed by atoms with Crippen LogP contribution in [0.15, 0.2) is 16.9 Å². The molecule has 0 saturated carbocycles. The van der Waals surface area contributed by atoms with Gasteiger partial charge in [-0.3, -0.25) is 4.90 Å². The highest BCUT2D eigenvalue weighted by Crippen LogP contribution is 2.08. The van der Waals surface area contributed by atoms with Crippen LogP contribution in [0, 0.1) is 0 Å². The fourth-order valence-corrected chi connectivity index (χ4v) is 1.99. The van der Waals surface area contributed by atoms with Crippen molar-refractivity contribution < 1.29 is 4.74 Å². The van der Waals surface area contributed by atoms with E-state index in [1.54, 1.807) is 12.4 Å². The van der Waals surface area contributed by atoms with Crippen molar-refractivity contribution >= 4 is 21.9 Å². The summed E-state index contributed by atoms with van der Waals surface area (Å²) in [6, 6.07) is 0.464. The molecule has 5 nitrogen and oxygen atoms in total. The number of rotatable bonds is 4. The van der Waals surface area contributed by atoms with E-state index in [0.717, 1.165) is 37.3 Å². The maximum atomic E-state index is 5.33. The number of hydrogen-bond acceptors (Lipinski definition) is 5. The van der Waals surface area contributed by atoms with E-state index in [2.05, 4.69) is 43.0 Å². The van der Waals surface area contributed by atoms with Gasteiger partial charge < -0.3 is 10.1 Å². The van der Waals surface area contributed by atoms with E-state index in [-0.39, 0.29) is 0 Å². The first-order valence-electron chi connectivity index (χ1n) is 5.79. The van der Waals surface area contributed by atoms with Crippen LogP contribution in [0.1, 0.15) is 6.92 Å². The number of ether oxygens (including phenoxy) is 1. The van der Waals surface area contributed by atoms with Gasteiger partial charge in [-0.25, -0.2) is 9.97 Å². The lowest BCUT2D eigenvalue weighted by Crippen LogP contribution is -2.45. The maximum absolute atomic E-state index is 5.33. The molecule has 1 atom stereocenters. The SMILES string of the molecule is CC(CNc1ncc(Br)cn1)N1CCOCC1. The van der Waals surface area contributed by atoms with Crippen molar-refractivity contribution in [1.29, 1.82) is 0 Å². The Morgan fingerprint density at radius 3 is 2.71 bits per heavy atom. The summed E-state index contributed by atoms with van der Waals surface area (Å²) >= 11 is 3.31. The highest BCUT2D eigenvalue weighted by atomic mass is 79.9. The molecule has 0 bridgehead atoms. The Bertz CT molecular complexity index is 340. The number of nitrogens with one attached hydrogen (secondary N) is 1. The zero-order valence-electron chi connectivity index (χ0n) is 9.90. The topological polar surface area (TPSA) is 50.3 Å². The van der Waals surface area contributed by atoms with Crippen LogP contribution in [0.2, 0.25) is 0 Å². The van der Waals surface area contributed by atoms with Crippen molar-refractivity contribution in [2.24, 2.45) is 0 Å². The minimum absolute atomic E-state index is 0.464. The number of hydrogen-bond donors (Lipinski definition) is 1. The van der Waals surface area contributed by atoms with Gasteiger partial charge in [-0.2, -0.15) is 0 Å². The second kappa shape index (κ2) is 6.28. The molecule has 1 aromatic rings. The molecule has 1 unspecified atom stereocenters. The summed E-state index contributed by atoms with van der Waals surface area (Å²) < 4.78 is 6.23. The van der Waals surface area contributed by atoms with Crippen LogP contribution < -0.4 is 5.32 Å². The zero-order chi connectivity index (χ0) is 12.1. The van der Waals surface area contributed by atoms with Crippen LogP contribution >= 0.6 is 15.9 Å². The third-order valence-electron chi connectivity index (χ3n) is 2.84. The van der Waals surface area contributed by atoms with Gasteiger partial charge in [0.15, 0.2) is 0 Å². The predicted molar refractivity (Wildman–Crippen MR) is 70.1 cm³/mol. The summed E-state index contributed by atoms with van der Waals surface area (Å²) in [6.07, 6.45) is 3.49. The van der Waals surface area contributed by atoms with Crippen LogP contribution in [0.3, 0.4) is 0 Å². The van der Waals surface area contributed by atoms with E-state index in [1.807, 2.05) is 0 Å². The minimum Gasteiger partial charge on any atom is -0.379 e. The van der Waals surface area contributed by atoms with Crippen molar-refractivity contribution in [2.75, 3.05) is 38.2 Å². The molecule has 0 spiro atoms. The molecule has 0 aliphatic carbocycles. The largest absolute Gasteiger partial charge is 0.379 e. The molecule has 2 heterocycles. The average Bonchev–Trinajstić information content (AvgIpc) is 2.39. The highest BCUT2D eigenvalue weighted by molar-refractivity contribution is 9.10. The van der Waals surface area contributed by atoms with Crippen LogP contribution in [0.25, 0.3) is 0 Å². The van der Waals surface area contributed by atoms with Gasteiger partial charge in [0, 0.05) is 38.1 Å². The normalized spacial score (nSPS) is 18.9. The van der Waals surface area contributed by atoms with Gasteiger partial charge in [-0.15, -0.1) is 0 Å². The number of nitrogens with zero attached hydrogens (tertiary/aromatic N) is 3. The third-order valence-corrected chi connectivity index (χ3v) is 3.25. The van der Waals surface area contributed by atoms with E-state index in [1.165, 1.54) is 0 Å². The lowest BCUT2D eigenvalue weighted by molar-refractivity contribution is 0.0227. The van der Waals surface area contributed by atoms with Crippen molar-refractivity contribution in [3.63, 3.8) is 0 Å². The van der Waals surface area contributed by atoms with Gasteiger partial charge in [0.2, 0.25) is 5.95 Å². The van der Waals surface area contributed by atoms with Crippen LogP contribution in [0.4, 0.5) is 5.95 Å². The Hall–Kier alpha value is -0.720. The lowest BCUT2D eigenvalue weighted by Gasteiger charge is -2.32. The fourth-order valence-electron chi connectivity index (χ4n) is 1.79. The van der Waals surface area contributed by atoms with E-state index in [4.69, 9.17) is 4.74 Å². The Kier molecular flexibility index (Phi) is 4.70. The quantitative estimate of drug-likeness (QED) is 0.910. The summed E-state index contributed by atoms with van der Waals surface area (Å²) in [6.45, 7) is 6.73. The molecular weight excluding hydrogens is 284 g/mol. The van der Waals surface area contributed by atoms with Gasteiger partial charge in [-0.1, -0.05) is 0 Å². The van der Waals surface area contributed by atoms with Crippen LogP contribution in [0.5, 0.6) is 0 Å². The molecule has 1 N–H and O–H groups in total. The van der Waals surface area contributed by atoms with E-state index in [9.17, 15) is 0 Å². The third kappa shape index (κ3) is 3.90. The van der Waals surface area contributed by atoms with Gasteiger partial charge in [-0.05, 0) is 22.9 Å². The van der Waals surface area contributed by atoms with Crippen molar-refractivity contribution in [2.45, 2.75) is 13.0 Å². The fraction of sp³-hybridized carbons (Fsp3) is 0.636. The monoisotopic (exact) mass is 300 g/mol.